The number of nitrogens with one attached hydrogen (secondary N) is 3. The van der Waals surface area contributed by atoms with E-state index in [1.165, 1.54) is 6.20 Å². The Morgan fingerprint density at radius 3 is 2.15 bits per heavy atom. The molecule has 0 radical (unpaired) electrons. The van der Waals surface area contributed by atoms with Gasteiger partial charge in [-0.3, -0.25) is 14.9 Å². The summed E-state index contributed by atoms with van der Waals surface area (Å²) >= 11 is 0. The van der Waals surface area contributed by atoms with Gasteiger partial charge in [0, 0.05) is 18.6 Å². The van der Waals surface area contributed by atoms with Crippen LogP contribution in [0.15, 0.2) is 12.3 Å². The van der Waals surface area contributed by atoms with Crippen molar-refractivity contribution in [3.8, 4) is 0 Å². The fourth-order valence-corrected chi connectivity index (χ4v) is 4.95. The van der Waals surface area contributed by atoms with Crippen LogP contribution in [0.4, 0.5) is 21.1 Å². The van der Waals surface area contributed by atoms with Gasteiger partial charge in [-0.2, -0.15) is 0 Å². The van der Waals surface area contributed by atoms with Crippen molar-refractivity contribution in [2.75, 3.05) is 17.2 Å². The molecular formula is C28H43N5O6. The van der Waals surface area contributed by atoms with E-state index in [2.05, 4.69) is 27.9 Å². The number of likely N-dealkylation sites (tertiary alicyclic amines) is 1. The summed E-state index contributed by atoms with van der Waals surface area (Å²) < 4.78 is 10.6. The summed E-state index contributed by atoms with van der Waals surface area (Å²) in [4.78, 5) is 56.3. The van der Waals surface area contributed by atoms with Gasteiger partial charge in [0.15, 0.2) is 0 Å². The SMILES string of the molecule is Cc1cc(NC(=O)C(=O)N2CC(C)CCC2C2CC(NC(=O)OC(C)(C)C)C2)cnc1NC(=O)OC(C)(C)C. The Bertz CT molecular complexity index is 1090. The average molecular weight is 546 g/mol. The number of ether oxygens (including phenoxy) is 2. The van der Waals surface area contributed by atoms with Gasteiger partial charge in [-0.1, -0.05) is 6.92 Å². The third kappa shape index (κ3) is 8.83. The van der Waals surface area contributed by atoms with Crippen LogP contribution in [0.2, 0.25) is 0 Å². The maximum Gasteiger partial charge on any atom is 0.413 e. The van der Waals surface area contributed by atoms with Crippen LogP contribution < -0.4 is 16.0 Å². The van der Waals surface area contributed by atoms with E-state index in [0.717, 1.165) is 25.7 Å². The van der Waals surface area contributed by atoms with Crippen LogP contribution in [0.25, 0.3) is 0 Å². The number of carbonyl (C=O) groups excluding carboxylic acids is 4. The van der Waals surface area contributed by atoms with Gasteiger partial charge >= 0.3 is 24.0 Å². The van der Waals surface area contributed by atoms with Crippen molar-refractivity contribution in [2.24, 2.45) is 11.8 Å². The highest BCUT2D eigenvalue weighted by Crippen LogP contribution is 2.38. The average Bonchev–Trinajstić information content (AvgIpc) is 2.75. The number of piperidine rings is 1. The van der Waals surface area contributed by atoms with Crippen LogP contribution in [0, 0.1) is 18.8 Å². The van der Waals surface area contributed by atoms with Crippen molar-refractivity contribution in [1.82, 2.24) is 15.2 Å². The second-order valence-electron chi connectivity index (χ2n) is 12.8. The fraction of sp³-hybridized carbons (Fsp3) is 0.679. The number of carbonyl (C=O) groups is 4. The van der Waals surface area contributed by atoms with Gasteiger partial charge in [0.1, 0.15) is 17.0 Å². The van der Waals surface area contributed by atoms with Crippen LogP contribution in [-0.2, 0) is 19.1 Å². The lowest BCUT2D eigenvalue weighted by Gasteiger charge is -2.48. The molecule has 0 aromatic carbocycles. The number of nitrogens with zero attached hydrogens (tertiary/aromatic N) is 2. The summed E-state index contributed by atoms with van der Waals surface area (Å²) in [6.07, 6.45) is 3.58. The molecule has 2 heterocycles. The Labute approximate surface area is 230 Å². The van der Waals surface area contributed by atoms with Crippen LogP contribution in [0.1, 0.15) is 79.7 Å². The number of pyridine rings is 1. The first-order valence-electron chi connectivity index (χ1n) is 13.6. The molecule has 2 unspecified atom stereocenters. The van der Waals surface area contributed by atoms with E-state index in [0.29, 0.717) is 23.6 Å². The number of hydrogen-bond acceptors (Lipinski definition) is 7. The molecule has 1 saturated heterocycles. The fourth-order valence-electron chi connectivity index (χ4n) is 4.95. The maximum atomic E-state index is 13.3. The molecule has 1 aromatic rings. The van der Waals surface area contributed by atoms with E-state index in [9.17, 15) is 19.2 Å². The van der Waals surface area contributed by atoms with E-state index >= 15 is 0 Å². The molecular weight excluding hydrogens is 502 g/mol. The second kappa shape index (κ2) is 11.8. The largest absolute Gasteiger partial charge is 0.444 e. The highest BCUT2D eigenvalue weighted by Gasteiger charge is 2.43. The van der Waals surface area contributed by atoms with E-state index in [1.807, 2.05) is 20.8 Å². The lowest BCUT2D eigenvalue weighted by atomic mass is 9.72. The lowest BCUT2D eigenvalue weighted by molar-refractivity contribution is -0.148. The molecule has 1 saturated carbocycles. The molecule has 3 N–H and O–H groups in total. The monoisotopic (exact) mass is 545 g/mol. The van der Waals surface area contributed by atoms with E-state index < -0.39 is 35.2 Å². The van der Waals surface area contributed by atoms with Gasteiger partial charge in [0.05, 0.1) is 11.9 Å². The molecule has 39 heavy (non-hydrogen) atoms. The molecule has 11 nitrogen and oxygen atoms in total. The predicted molar refractivity (Wildman–Crippen MR) is 147 cm³/mol. The van der Waals surface area contributed by atoms with Gasteiger partial charge in [-0.25, -0.2) is 14.6 Å². The molecule has 0 bridgehead atoms. The Hall–Kier alpha value is -3.37. The Balaban J connectivity index is 1.58. The molecule has 11 heteroatoms. The highest BCUT2D eigenvalue weighted by atomic mass is 16.6. The zero-order chi connectivity index (χ0) is 29.1. The van der Waals surface area contributed by atoms with Crippen LogP contribution in [0.3, 0.4) is 0 Å². The van der Waals surface area contributed by atoms with Crippen molar-refractivity contribution in [3.05, 3.63) is 17.8 Å². The molecule has 2 aliphatic rings. The number of rotatable bonds is 4. The first-order chi connectivity index (χ1) is 18.0. The zero-order valence-electron chi connectivity index (χ0n) is 24.3. The van der Waals surface area contributed by atoms with Crippen LogP contribution in [0.5, 0.6) is 0 Å². The first kappa shape index (κ1) is 30.2. The lowest BCUT2D eigenvalue weighted by Crippen LogP contribution is -2.58. The minimum absolute atomic E-state index is 0.00293. The second-order valence-corrected chi connectivity index (χ2v) is 12.8. The van der Waals surface area contributed by atoms with E-state index in [-0.39, 0.29) is 23.9 Å². The molecule has 2 fully saturated rings. The number of amides is 4. The van der Waals surface area contributed by atoms with E-state index in [4.69, 9.17) is 9.47 Å². The summed E-state index contributed by atoms with van der Waals surface area (Å²) in [5, 5.41) is 8.14. The molecule has 4 amide bonds. The molecule has 3 rings (SSSR count). The molecule has 0 spiro atoms. The Morgan fingerprint density at radius 1 is 0.949 bits per heavy atom. The number of aryl methyl sites for hydroxylation is 1. The van der Waals surface area contributed by atoms with Gasteiger partial charge in [-0.15, -0.1) is 0 Å². The molecule has 1 aromatic heterocycles. The summed E-state index contributed by atoms with van der Waals surface area (Å²) in [5.74, 6) is -0.514. The molecule has 216 valence electrons. The van der Waals surface area contributed by atoms with E-state index in [1.54, 1.807) is 38.7 Å². The quantitative estimate of drug-likeness (QED) is 0.470. The summed E-state index contributed by atoms with van der Waals surface area (Å²) in [5.41, 5.74) is -0.252. The molecule has 2 atom stereocenters. The van der Waals surface area contributed by atoms with Crippen molar-refractivity contribution in [1.29, 1.82) is 0 Å². The maximum absolute atomic E-state index is 13.3. The third-order valence-corrected chi connectivity index (χ3v) is 6.71. The van der Waals surface area contributed by atoms with Crippen molar-refractivity contribution in [2.45, 2.75) is 104 Å². The molecule has 1 aliphatic carbocycles. The number of alkyl carbamates (subject to hydrolysis) is 1. The minimum atomic E-state index is -0.731. The zero-order valence-corrected chi connectivity index (χ0v) is 24.3. The van der Waals surface area contributed by atoms with Crippen molar-refractivity contribution >= 4 is 35.5 Å². The smallest absolute Gasteiger partial charge is 0.413 e. The summed E-state index contributed by atoms with van der Waals surface area (Å²) in [6, 6.07) is 1.58. The molecule has 1 aliphatic heterocycles. The number of hydrogen-bond donors (Lipinski definition) is 3. The Morgan fingerprint density at radius 2 is 1.56 bits per heavy atom. The van der Waals surface area contributed by atoms with Crippen LogP contribution >= 0.6 is 0 Å². The van der Waals surface area contributed by atoms with Crippen molar-refractivity contribution < 1.29 is 28.7 Å². The summed E-state index contributed by atoms with van der Waals surface area (Å²) in [7, 11) is 0. The van der Waals surface area contributed by atoms with Gasteiger partial charge in [0.25, 0.3) is 0 Å². The minimum Gasteiger partial charge on any atom is -0.444 e. The third-order valence-electron chi connectivity index (χ3n) is 6.71. The predicted octanol–water partition coefficient (Wildman–Crippen LogP) is 4.61. The number of aromatic nitrogens is 1. The van der Waals surface area contributed by atoms with Gasteiger partial charge in [-0.05, 0) is 97.6 Å². The van der Waals surface area contributed by atoms with Crippen molar-refractivity contribution in [3.63, 3.8) is 0 Å². The first-order valence-corrected chi connectivity index (χ1v) is 13.6. The topological polar surface area (TPSA) is 139 Å². The van der Waals surface area contributed by atoms with Crippen LogP contribution in [-0.4, -0.2) is 63.7 Å². The standard InChI is InChI=1S/C28H43N5O6/c1-16-9-10-21(18-12-19(13-18)31-25(36)38-27(3,4)5)33(15-16)24(35)23(34)30-20-11-17(2)22(29-14-20)32-26(37)39-28(6,7)8/h11,14,16,18-19,21H,9-10,12-13,15H2,1-8H3,(H,30,34)(H,31,36)(H,29,32,37). The Kier molecular flexibility index (Phi) is 9.12. The summed E-state index contributed by atoms with van der Waals surface area (Å²) in [6.45, 7) is 15.1. The normalized spacial score (nSPS) is 23.2. The number of anilines is 2. The van der Waals surface area contributed by atoms with Gasteiger partial charge < -0.3 is 25.0 Å². The highest BCUT2D eigenvalue weighted by molar-refractivity contribution is 6.39. The van der Waals surface area contributed by atoms with Gasteiger partial charge in [0.2, 0.25) is 0 Å².